The number of nitrogens with zero attached hydrogens (tertiary/aromatic N) is 2. The number of rotatable bonds is 1. The van der Waals surface area contributed by atoms with E-state index in [1.54, 1.807) is 0 Å². The normalized spacial score (nSPS) is 17.8. The van der Waals surface area contributed by atoms with Gasteiger partial charge in [-0.1, -0.05) is 5.16 Å². The average molecular weight is 300 g/mol. The number of carbonyl (C=O) groups is 1. The van der Waals surface area contributed by atoms with E-state index in [-0.39, 0.29) is 16.2 Å². The Labute approximate surface area is 112 Å². The predicted molar refractivity (Wildman–Crippen MR) is 66.9 cm³/mol. The van der Waals surface area contributed by atoms with Crippen molar-refractivity contribution in [1.29, 1.82) is 0 Å². The highest BCUT2D eigenvalue weighted by Gasteiger charge is 2.34. The molecule has 0 bridgehead atoms. The van der Waals surface area contributed by atoms with Gasteiger partial charge in [0.1, 0.15) is 17.3 Å². The van der Waals surface area contributed by atoms with Crippen molar-refractivity contribution in [2.45, 2.75) is 4.90 Å². The Bertz CT molecular complexity index is 766. The molecule has 1 aliphatic heterocycles. The minimum Gasteiger partial charge on any atom is -0.411 e. The van der Waals surface area contributed by atoms with Gasteiger partial charge in [-0.3, -0.25) is 4.79 Å². The van der Waals surface area contributed by atoms with Crippen molar-refractivity contribution in [3.8, 4) is 0 Å². The van der Waals surface area contributed by atoms with Crippen LogP contribution in [0.5, 0.6) is 0 Å². The molecule has 1 aromatic rings. The van der Waals surface area contributed by atoms with E-state index in [0.717, 1.165) is 12.1 Å². The van der Waals surface area contributed by atoms with Crippen LogP contribution < -0.4 is 11.5 Å². The number of oxime groups is 1. The van der Waals surface area contributed by atoms with E-state index in [4.69, 9.17) is 16.7 Å². The Kier molecular flexibility index (Phi) is 3.18. The molecule has 0 saturated heterocycles. The summed E-state index contributed by atoms with van der Waals surface area (Å²) in [6.45, 7) is 0. The number of hydrogen-bond donors (Lipinski definition) is 3. The van der Waals surface area contributed by atoms with Crippen molar-refractivity contribution >= 4 is 27.4 Å². The topological polar surface area (TPSA) is 148 Å². The molecule has 5 N–H and O–H groups in total. The summed E-state index contributed by atoms with van der Waals surface area (Å²) < 4.78 is 37.4. The quantitative estimate of drug-likeness (QED) is 0.203. The molecule has 0 saturated carbocycles. The molecule has 0 spiro atoms. The Morgan fingerprint density at radius 1 is 1.35 bits per heavy atom. The van der Waals surface area contributed by atoms with E-state index in [9.17, 15) is 17.6 Å². The number of halogens is 1. The van der Waals surface area contributed by atoms with Gasteiger partial charge in [0.05, 0.1) is 10.5 Å². The first-order valence-electron chi connectivity index (χ1n) is 5.18. The summed E-state index contributed by atoms with van der Waals surface area (Å²) >= 11 is 0. The lowest BCUT2D eigenvalue weighted by Crippen LogP contribution is -2.24. The molecule has 2 rings (SSSR count). The fraction of sp³-hybridized carbons (Fsp3) is 0.100. The zero-order valence-corrected chi connectivity index (χ0v) is 10.7. The molecule has 0 unspecified atom stereocenters. The zero-order valence-electron chi connectivity index (χ0n) is 9.87. The second-order valence-electron chi connectivity index (χ2n) is 3.98. The second-order valence-corrected chi connectivity index (χ2v) is 5.93. The number of carbonyl (C=O) groups excluding carboxylic acids is 1. The Hall–Kier alpha value is -2.49. The molecule has 1 aromatic carbocycles. The third kappa shape index (κ3) is 2.20. The number of fused-ring (bicyclic) bond motifs is 1. The van der Waals surface area contributed by atoms with Crippen LogP contribution in [0, 0.1) is 5.82 Å². The minimum absolute atomic E-state index is 0.0914. The van der Waals surface area contributed by atoms with Gasteiger partial charge in [0.15, 0.2) is 15.8 Å². The summed E-state index contributed by atoms with van der Waals surface area (Å²) in [6, 6.07) is 1.62. The first-order chi connectivity index (χ1) is 9.26. The molecule has 1 amide bonds. The zero-order chi connectivity index (χ0) is 15.1. The van der Waals surface area contributed by atoms with Crippen molar-refractivity contribution in [3.05, 3.63) is 29.1 Å². The monoisotopic (exact) mass is 300 g/mol. The molecule has 0 atom stereocenters. The first kappa shape index (κ1) is 13.9. The van der Waals surface area contributed by atoms with Crippen molar-refractivity contribution in [1.82, 2.24) is 0 Å². The molecule has 1 aliphatic rings. The number of sulfone groups is 1. The highest BCUT2D eigenvalue weighted by molar-refractivity contribution is 7.92. The molecule has 8 nitrogen and oxygen atoms in total. The highest BCUT2D eigenvalue weighted by atomic mass is 32.2. The summed E-state index contributed by atoms with van der Waals surface area (Å²) in [5.74, 6) is -3.26. The molecule has 0 fully saturated rings. The molecule has 106 valence electrons. The number of hydrogen-bond acceptors (Lipinski definition) is 5. The van der Waals surface area contributed by atoms with Crippen LogP contribution in [0.2, 0.25) is 0 Å². The van der Waals surface area contributed by atoms with Gasteiger partial charge in [0.25, 0.3) is 5.91 Å². The van der Waals surface area contributed by atoms with E-state index in [2.05, 4.69) is 10.1 Å². The molecular formula is C10H9FN4O4S. The summed E-state index contributed by atoms with van der Waals surface area (Å²) in [6.07, 6.45) is 0. The van der Waals surface area contributed by atoms with Crippen LogP contribution in [-0.2, 0) is 9.84 Å². The highest BCUT2D eigenvalue weighted by Crippen LogP contribution is 2.29. The van der Waals surface area contributed by atoms with Crippen LogP contribution in [0.1, 0.15) is 15.9 Å². The van der Waals surface area contributed by atoms with Gasteiger partial charge in [-0.25, -0.2) is 12.8 Å². The maximum absolute atomic E-state index is 13.8. The van der Waals surface area contributed by atoms with Crippen molar-refractivity contribution in [2.24, 2.45) is 21.6 Å². The van der Waals surface area contributed by atoms with E-state index in [0.29, 0.717) is 0 Å². The van der Waals surface area contributed by atoms with Crippen LogP contribution in [-0.4, -0.2) is 37.0 Å². The van der Waals surface area contributed by atoms with Crippen molar-refractivity contribution in [3.63, 3.8) is 0 Å². The molecule has 20 heavy (non-hydrogen) atoms. The fourth-order valence-electron chi connectivity index (χ4n) is 1.80. The van der Waals surface area contributed by atoms with Gasteiger partial charge in [-0.05, 0) is 12.1 Å². The number of benzene rings is 1. The third-order valence-corrected chi connectivity index (χ3v) is 4.29. The number of guanidine groups is 1. The minimum atomic E-state index is -3.79. The largest absolute Gasteiger partial charge is 0.411 e. The number of nitrogens with two attached hydrogens (primary N) is 2. The average Bonchev–Trinajstić information content (AvgIpc) is 2.58. The van der Waals surface area contributed by atoms with Crippen molar-refractivity contribution in [2.75, 3.05) is 5.75 Å². The van der Waals surface area contributed by atoms with Gasteiger partial charge < -0.3 is 16.7 Å². The molecule has 0 aromatic heterocycles. The number of amides is 1. The lowest BCUT2D eigenvalue weighted by Gasteiger charge is -2.03. The lowest BCUT2D eigenvalue weighted by molar-refractivity contribution is 0.0998. The van der Waals surface area contributed by atoms with E-state index in [1.165, 1.54) is 0 Å². The molecule has 0 aliphatic carbocycles. The van der Waals surface area contributed by atoms with Gasteiger partial charge in [-0.2, -0.15) is 4.99 Å². The predicted octanol–water partition coefficient (Wildman–Crippen LogP) is -0.795. The van der Waals surface area contributed by atoms with E-state index < -0.39 is 38.8 Å². The fourth-order valence-corrected chi connectivity index (χ4v) is 3.33. The van der Waals surface area contributed by atoms with Crippen LogP contribution in [0.15, 0.2) is 27.2 Å². The lowest BCUT2D eigenvalue weighted by atomic mass is 10.1. The van der Waals surface area contributed by atoms with Crippen LogP contribution >= 0.6 is 0 Å². The van der Waals surface area contributed by atoms with Gasteiger partial charge in [-0.15, -0.1) is 0 Å². The Morgan fingerprint density at radius 3 is 2.55 bits per heavy atom. The summed E-state index contributed by atoms with van der Waals surface area (Å²) in [4.78, 5) is 14.4. The molecule has 0 radical (unpaired) electrons. The molecular weight excluding hydrogens is 291 g/mol. The van der Waals surface area contributed by atoms with Gasteiger partial charge in [0.2, 0.25) is 0 Å². The van der Waals surface area contributed by atoms with Crippen LogP contribution in [0.25, 0.3) is 0 Å². The third-order valence-electron chi connectivity index (χ3n) is 2.62. The van der Waals surface area contributed by atoms with Gasteiger partial charge >= 0.3 is 0 Å². The number of aliphatic imine (C=N–C) groups is 1. The van der Waals surface area contributed by atoms with E-state index in [1.807, 2.05) is 0 Å². The Balaban J connectivity index is 2.68. The Morgan fingerprint density at radius 2 is 2.00 bits per heavy atom. The summed E-state index contributed by atoms with van der Waals surface area (Å²) in [7, 11) is -3.79. The van der Waals surface area contributed by atoms with Crippen LogP contribution in [0.3, 0.4) is 0 Å². The maximum Gasteiger partial charge on any atom is 0.283 e. The maximum atomic E-state index is 13.8. The standard InChI is InChI=1S/C10H9FN4O4S/c11-6-1-5-7(15-17)3-20(18,19)8(5)2-4(6)9(16)14-10(12)13/h1-2,17H,3H2,(H4,12,13,14,16). The van der Waals surface area contributed by atoms with E-state index >= 15 is 0 Å². The van der Waals surface area contributed by atoms with Gasteiger partial charge in [0, 0.05) is 5.56 Å². The smallest absolute Gasteiger partial charge is 0.283 e. The first-order valence-corrected chi connectivity index (χ1v) is 6.83. The van der Waals surface area contributed by atoms with Crippen LogP contribution in [0.4, 0.5) is 4.39 Å². The summed E-state index contributed by atoms with van der Waals surface area (Å²) in [5, 5.41) is 11.5. The SMILES string of the molecule is NC(N)=NC(=O)c1cc2c(cc1F)C(=NO)CS2(=O)=O. The molecule has 1 heterocycles. The second kappa shape index (κ2) is 4.56. The molecule has 10 heteroatoms. The van der Waals surface area contributed by atoms with Crippen molar-refractivity contribution < 1.29 is 22.8 Å². The summed E-state index contributed by atoms with van der Waals surface area (Å²) in [5.41, 5.74) is 9.14.